The molecule has 5 nitrogen and oxygen atoms in total. The Labute approximate surface area is 116 Å². The molecule has 6 heteroatoms. The molecule has 2 amide bonds. The van der Waals surface area contributed by atoms with E-state index in [1.165, 1.54) is 12.1 Å². The molecule has 1 saturated heterocycles. The minimum Gasteiger partial charge on any atom is -0.295 e. The van der Waals surface area contributed by atoms with Crippen molar-refractivity contribution in [3.05, 3.63) is 35.1 Å². The van der Waals surface area contributed by atoms with Gasteiger partial charge in [0.15, 0.2) is 0 Å². The van der Waals surface area contributed by atoms with Gasteiger partial charge >= 0.3 is 0 Å². The molecule has 1 heterocycles. The van der Waals surface area contributed by atoms with E-state index in [1.807, 2.05) is 6.07 Å². The van der Waals surface area contributed by atoms with Crippen LogP contribution in [0.15, 0.2) is 18.2 Å². The molecule has 0 unspecified atom stereocenters. The molecule has 2 rings (SSSR count). The molecule has 0 radical (unpaired) electrons. The van der Waals surface area contributed by atoms with Gasteiger partial charge in [0.25, 0.3) is 0 Å². The largest absolute Gasteiger partial charge is 0.295 e. The second-order valence-corrected chi connectivity index (χ2v) is 5.18. The summed E-state index contributed by atoms with van der Waals surface area (Å²) in [6.07, 6.45) is 0. The Morgan fingerprint density at radius 3 is 2.75 bits per heavy atom. The fourth-order valence-corrected chi connectivity index (χ4v) is 1.99. The van der Waals surface area contributed by atoms with Crippen molar-refractivity contribution < 1.29 is 14.0 Å². The van der Waals surface area contributed by atoms with Gasteiger partial charge in [0.1, 0.15) is 5.82 Å². The first-order valence-electron chi connectivity index (χ1n) is 6.13. The highest BCUT2D eigenvalue weighted by atomic mass is 19.1. The lowest BCUT2D eigenvalue weighted by molar-refractivity contribution is -0.153. The molecule has 0 saturated carbocycles. The van der Waals surface area contributed by atoms with E-state index < -0.39 is 23.2 Å². The average molecular weight is 275 g/mol. The van der Waals surface area contributed by atoms with Crippen LogP contribution in [0.25, 0.3) is 0 Å². The molecular formula is C14H14FN3O2. The Kier molecular flexibility index (Phi) is 3.55. The summed E-state index contributed by atoms with van der Waals surface area (Å²) in [6, 6.07) is 5.81. The number of hydrogen-bond acceptors (Lipinski definition) is 4. The van der Waals surface area contributed by atoms with Crippen molar-refractivity contribution >= 4 is 11.8 Å². The van der Waals surface area contributed by atoms with Crippen LogP contribution in [0.1, 0.15) is 25.0 Å². The molecule has 1 fully saturated rings. The summed E-state index contributed by atoms with van der Waals surface area (Å²) in [7, 11) is 0. The number of rotatable bonds is 2. The van der Waals surface area contributed by atoms with E-state index in [9.17, 15) is 14.0 Å². The van der Waals surface area contributed by atoms with E-state index in [1.54, 1.807) is 13.8 Å². The average Bonchev–Trinajstić information content (AvgIpc) is 2.41. The number of nitrogens with one attached hydrogen (secondary N) is 1. The van der Waals surface area contributed by atoms with Gasteiger partial charge in [0, 0.05) is 5.56 Å². The number of hydrogen-bond donors (Lipinski definition) is 1. The first-order chi connectivity index (χ1) is 9.35. The molecule has 104 valence electrons. The van der Waals surface area contributed by atoms with Crippen LogP contribution in [-0.2, 0) is 16.1 Å². The monoisotopic (exact) mass is 275 g/mol. The summed E-state index contributed by atoms with van der Waals surface area (Å²) < 4.78 is 13.8. The SMILES string of the molecule is CC1(C)NCC(=O)N(Cc2ccc(C#N)cc2F)C1=O. The molecule has 0 atom stereocenters. The third-order valence-electron chi connectivity index (χ3n) is 3.27. The zero-order valence-corrected chi connectivity index (χ0v) is 11.2. The third-order valence-corrected chi connectivity index (χ3v) is 3.27. The predicted octanol–water partition coefficient (Wildman–Crippen LogP) is 0.934. The predicted molar refractivity (Wildman–Crippen MR) is 68.8 cm³/mol. The van der Waals surface area contributed by atoms with Crippen molar-refractivity contribution in [1.82, 2.24) is 10.2 Å². The number of amides is 2. The smallest absolute Gasteiger partial charge is 0.249 e. The number of carbonyl (C=O) groups excluding carboxylic acids is 2. The molecule has 1 N–H and O–H groups in total. The number of imide groups is 1. The lowest BCUT2D eigenvalue weighted by atomic mass is 9.99. The lowest BCUT2D eigenvalue weighted by Crippen LogP contribution is -2.63. The minimum absolute atomic E-state index is 0.0383. The Balaban J connectivity index is 2.27. The van der Waals surface area contributed by atoms with Gasteiger partial charge in [-0.3, -0.25) is 19.8 Å². The Morgan fingerprint density at radius 1 is 1.45 bits per heavy atom. The van der Waals surface area contributed by atoms with E-state index in [0.29, 0.717) is 0 Å². The Morgan fingerprint density at radius 2 is 2.15 bits per heavy atom. The van der Waals surface area contributed by atoms with Crippen LogP contribution >= 0.6 is 0 Å². The second kappa shape index (κ2) is 5.02. The summed E-state index contributed by atoms with van der Waals surface area (Å²) in [6.45, 7) is 3.25. The van der Waals surface area contributed by atoms with Crippen LogP contribution in [0.4, 0.5) is 4.39 Å². The molecule has 1 aromatic rings. The molecule has 0 spiro atoms. The van der Waals surface area contributed by atoms with Crippen molar-refractivity contribution in [2.45, 2.75) is 25.9 Å². The third kappa shape index (κ3) is 2.53. The van der Waals surface area contributed by atoms with Crippen LogP contribution in [0.3, 0.4) is 0 Å². The van der Waals surface area contributed by atoms with Gasteiger partial charge < -0.3 is 0 Å². The molecule has 1 aliphatic heterocycles. The Hall–Kier alpha value is -2.26. The van der Waals surface area contributed by atoms with E-state index in [0.717, 1.165) is 11.0 Å². The first-order valence-corrected chi connectivity index (χ1v) is 6.13. The maximum atomic E-state index is 13.8. The van der Waals surface area contributed by atoms with E-state index in [2.05, 4.69) is 5.32 Å². The maximum absolute atomic E-state index is 13.8. The van der Waals surface area contributed by atoms with Crippen molar-refractivity contribution in [2.24, 2.45) is 0 Å². The number of benzene rings is 1. The summed E-state index contributed by atoms with van der Waals surface area (Å²) in [5, 5.41) is 11.5. The summed E-state index contributed by atoms with van der Waals surface area (Å²) in [5.74, 6) is -1.38. The van der Waals surface area contributed by atoms with Gasteiger partial charge in [0.2, 0.25) is 11.8 Å². The quantitative estimate of drug-likeness (QED) is 0.815. The van der Waals surface area contributed by atoms with Crippen LogP contribution in [0, 0.1) is 17.1 Å². The number of halogens is 1. The van der Waals surface area contributed by atoms with E-state index in [-0.39, 0.29) is 24.2 Å². The first kappa shape index (κ1) is 14.2. The van der Waals surface area contributed by atoms with Gasteiger partial charge in [-0.2, -0.15) is 5.26 Å². The van der Waals surface area contributed by atoms with Crippen LogP contribution < -0.4 is 5.32 Å². The summed E-state index contributed by atoms with van der Waals surface area (Å²) >= 11 is 0. The maximum Gasteiger partial charge on any atom is 0.249 e. The normalized spacial score (nSPS) is 18.0. The summed E-state index contributed by atoms with van der Waals surface area (Å²) in [4.78, 5) is 25.0. The molecule has 0 bridgehead atoms. The molecule has 0 aliphatic carbocycles. The number of piperazine rings is 1. The zero-order chi connectivity index (χ0) is 14.9. The van der Waals surface area contributed by atoms with Crippen LogP contribution in [0.2, 0.25) is 0 Å². The van der Waals surface area contributed by atoms with Crippen molar-refractivity contribution in [1.29, 1.82) is 5.26 Å². The van der Waals surface area contributed by atoms with Crippen LogP contribution in [-0.4, -0.2) is 28.8 Å². The number of nitriles is 1. The molecule has 0 aromatic heterocycles. The van der Waals surface area contributed by atoms with Crippen molar-refractivity contribution in [2.75, 3.05) is 6.54 Å². The number of nitrogens with zero attached hydrogens (tertiary/aromatic N) is 2. The van der Waals surface area contributed by atoms with Gasteiger partial charge in [0.05, 0.1) is 30.3 Å². The fraction of sp³-hybridized carbons (Fsp3) is 0.357. The lowest BCUT2D eigenvalue weighted by Gasteiger charge is -2.36. The van der Waals surface area contributed by atoms with Gasteiger partial charge in [-0.25, -0.2) is 4.39 Å². The van der Waals surface area contributed by atoms with Crippen molar-refractivity contribution in [3.8, 4) is 6.07 Å². The minimum atomic E-state index is -0.850. The van der Waals surface area contributed by atoms with Gasteiger partial charge in [-0.1, -0.05) is 6.07 Å². The zero-order valence-electron chi connectivity index (χ0n) is 11.2. The highest BCUT2D eigenvalue weighted by molar-refractivity contribution is 6.02. The fourth-order valence-electron chi connectivity index (χ4n) is 1.99. The second-order valence-electron chi connectivity index (χ2n) is 5.18. The van der Waals surface area contributed by atoms with Gasteiger partial charge in [-0.15, -0.1) is 0 Å². The van der Waals surface area contributed by atoms with Crippen molar-refractivity contribution in [3.63, 3.8) is 0 Å². The Bertz CT molecular complexity index is 619. The molecule has 20 heavy (non-hydrogen) atoms. The highest BCUT2D eigenvalue weighted by Gasteiger charge is 2.39. The molecule has 1 aliphatic rings. The molecular weight excluding hydrogens is 261 g/mol. The van der Waals surface area contributed by atoms with Gasteiger partial charge in [-0.05, 0) is 26.0 Å². The van der Waals surface area contributed by atoms with E-state index in [4.69, 9.17) is 5.26 Å². The standard InChI is InChI=1S/C14H14FN3O2/c1-14(2)13(20)18(12(19)7-17-14)8-10-4-3-9(6-16)5-11(10)15/h3-5,17H,7-8H2,1-2H3. The highest BCUT2D eigenvalue weighted by Crippen LogP contribution is 2.18. The summed E-state index contributed by atoms with van der Waals surface area (Å²) in [5.41, 5.74) is -0.440. The van der Waals surface area contributed by atoms with Crippen LogP contribution in [0.5, 0.6) is 0 Å². The van der Waals surface area contributed by atoms with E-state index >= 15 is 0 Å². The topological polar surface area (TPSA) is 73.2 Å². The number of carbonyl (C=O) groups is 2. The molecule has 1 aromatic carbocycles.